The van der Waals surface area contributed by atoms with E-state index >= 15 is 0 Å². The number of amides is 1. The Morgan fingerprint density at radius 1 is 0.975 bits per heavy atom. The summed E-state index contributed by atoms with van der Waals surface area (Å²) in [6.45, 7) is 0. The summed E-state index contributed by atoms with van der Waals surface area (Å²) in [5, 5.41) is 24.2. The average molecular weight is 541 g/mol. The Labute approximate surface area is 229 Å². The number of nitrogens with zero attached hydrogens (tertiary/aromatic N) is 1. The lowest BCUT2D eigenvalue weighted by Gasteiger charge is -2.52. The van der Waals surface area contributed by atoms with Crippen molar-refractivity contribution in [2.75, 3.05) is 14.1 Å². The number of carbonyl (C=O) groups excluding carboxylic acids is 5. The molecule has 0 spiro atoms. The first-order chi connectivity index (χ1) is 19.0. The fourth-order valence-electron chi connectivity index (χ4n) is 7.18. The highest BCUT2D eigenvalue weighted by atomic mass is 16.3. The van der Waals surface area contributed by atoms with Gasteiger partial charge in [0.05, 0.1) is 17.5 Å². The highest BCUT2D eigenvalue weighted by Gasteiger charge is 2.69. The molecule has 9 heteroatoms. The molecule has 2 saturated carbocycles. The Hall–Kier alpha value is -4.21. The lowest BCUT2D eigenvalue weighted by atomic mass is 9.52. The Morgan fingerprint density at radius 2 is 1.68 bits per heavy atom. The highest BCUT2D eigenvalue weighted by Crippen LogP contribution is 2.51. The third kappa shape index (κ3) is 3.44. The lowest BCUT2D eigenvalue weighted by molar-refractivity contribution is -0.181. The van der Waals surface area contributed by atoms with Gasteiger partial charge in [-0.15, -0.1) is 0 Å². The number of hydrogen-bond acceptors (Lipinski definition) is 8. The van der Waals surface area contributed by atoms with Crippen LogP contribution in [0.2, 0.25) is 0 Å². The topological polar surface area (TPSA) is 155 Å². The molecule has 3 aliphatic rings. The van der Waals surface area contributed by atoms with Crippen LogP contribution in [0.5, 0.6) is 5.75 Å². The second-order valence-corrected chi connectivity index (χ2v) is 11.4. The van der Waals surface area contributed by atoms with Crippen LogP contribution in [0.4, 0.5) is 0 Å². The molecule has 0 radical (unpaired) electrons. The Kier molecular flexibility index (Phi) is 5.80. The van der Waals surface area contributed by atoms with Crippen molar-refractivity contribution in [1.82, 2.24) is 4.90 Å². The van der Waals surface area contributed by atoms with Crippen LogP contribution in [0.3, 0.4) is 0 Å². The van der Waals surface area contributed by atoms with E-state index in [1.165, 1.54) is 4.90 Å². The summed E-state index contributed by atoms with van der Waals surface area (Å²) in [6, 6.07) is 15.8. The molecule has 3 aromatic carbocycles. The predicted octanol–water partition coefficient (Wildman–Crippen LogP) is 1.69. The molecule has 3 aliphatic carbocycles. The lowest BCUT2D eigenvalue weighted by Crippen LogP contribution is -2.74. The average Bonchev–Trinajstić information content (AvgIpc) is 2.90. The van der Waals surface area contributed by atoms with Crippen LogP contribution < -0.4 is 5.73 Å². The number of benzene rings is 3. The van der Waals surface area contributed by atoms with Crippen molar-refractivity contribution in [3.05, 3.63) is 65.7 Å². The molecule has 4 N–H and O–H groups in total. The zero-order valence-corrected chi connectivity index (χ0v) is 22.0. The molecule has 0 bridgehead atoms. The van der Waals surface area contributed by atoms with Gasteiger partial charge in [0, 0.05) is 11.3 Å². The summed E-state index contributed by atoms with van der Waals surface area (Å²) in [7, 11) is 3.12. The maximum Gasteiger partial charge on any atom is 0.235 e. The van der Waals surface area contributed by atoms with E-state index in [2.05, 4.69) is 0 Å². The van der Waals surface area contributed by atoms with E-state index < -0.39 is 64.4 Å². The Morgan fingerprint density at radius 3 is 2.33 bits per heavy atom. The Balaban J connectivity index is 1.47. The number of aliphatic hydroxyl groups is 1. The molecule has 9 nitrogen and oxygen atoms in total. The predicted molar refractivity (Wildman–Crippen MR) is 144 cm³/mol. The van der Waals surface area contributed by atoms with Crippen LogP contribution in [0, 0.1) is 23.7 Å². The first-order valence-corrected chi connectivity index (χ1v) is 13.2. The smallest absolute Gasteiger partial charge is 0.235 e. The molecule has 6 atom stereocenters. The van der Waals surface area contributed by atoms with Crippen LogP contribution in [0.15, 0.2) is 54.6 Å². The van der Waals surface area contributed by atoms with Gasteiger partial charge in [-0.3, -0.25) is 28.9 Å². The molecular weight excluding hydrogens is 512 g/mol. The Bertz CT molecular complexity index is 1650. The number of rotatable bonds is 3. The summed E-state index contributed by atoms with van der Waals surface area (Å²) in [4.78, 5) is 68.0. The van der Waals surface area contributed by atoms with E-state index in [0.29, 0.717) is 10.9 Å². The minimum Gasteiger partial charge on any atom is -0.507 e. The van der Waals surface area contributed by atoms with Crippen molar-refractivity contribution in [3.63, 3.8) is 0 Å². The number of ketones is 4. The number of Topliss-reactive ketones (excluding diaryl/α,β-unsaturated/α-hetero) is 4. The first kappa shape index (κ1) is 26.0. The molecule has 2 fully saturated rings. The number of carbonyl (C=O) groups is 5. The van der Waals surface area contributed by atoms with Gasteiger partial charge in [0.25, 0.3) is 0 Å². The fourth-order valence-corrected chi connectivity index (χ4v) is 7.18. The van der Waals surface area contributed by atoms with Crippen molar-refractivity contribution < 1.29 is 34.2 Å². The van der Waals surface area contributed by atoms with Crippen LogP contribution in [-0.2, 0) is 25.6 Å². The van der Waals surface area contributed by atoms with Crippen LogP contribution in [0.1, 0.15) is 22.3 Å². The minimum absolute atomic E-state index is 0.00990. The molecular formula is C31H28N2O7. The normalized spacial score (nSPS) is 29.8. The van der Waals surface area contributed by atoms with Crippen LogP contribution in [0.25, 0.3) is 21.9 Å². The maximum absolute atomic E-state index is 13.9. The zero-order valence-electron chi connectivity index (χ0n) is 22.0. The number of phenols is 1. The van der Waals surface area contributed by atoms with Crippen molar-refractivity contribution in [1.29, 1.82) is 0 Å². The third-order valence-electron chi connectivity index (χ3n) is 8.97. The molecule has 2 unspecified atom stereocenters. The van der Waals surface area contributed by atoms with Crippen molar-refractivity contribution in [2.45, 2.75) is 24.5 Å². The highest BCUT2D eigenvalue weighted by molar-refractivity contribution is 6.32. The summed E-state index contributed by atoms with van der Waals surface area (Å²) < 4.78 is 0. The molecule has 40 heavy (non-hydrogen) atoms. The maximum atomic E-state index is 13.9. The number of fused-ring (bicyclic) bond motifs is 4. The van der Waals surface area contributed by atoms with Gasteiger partial charge in [0.1, 0.15) is 5.75 Å². The summed E-state index contributed by atoms with van der Waals surface area (Å²) in [5.74, 6) is -10.4. The van der Waals surface area contributed by atoms with Gasteiger partial charge in [0.2, 0.25) is 5.91 Å². The second-order valence-electron chi connectivity index (χ2n) is 11.4. The first-order valence-electron chi connectivity index (χ1n) is 13.2. The molecule has 1 amide bonds. The number of phenolic OH excluding ortho intramolecular Hbond substituents is 1. The van der Waals surface area contributed by atoms with Gasteiger partial charge in [-0.25, -0.2) is 0 Å². The SMILES string of the molecule is CN(C)[C@@H]1C(=O)C(C(N)=O)C(=O)[C@@]2(O)C(=O)C3C(=O)c4c(cc5ccc(-c6ccccc6)cc5c4O)C[C@H]3C[C@@H]12. The summed E-state index contributed by atoms with van der Waals surface area (Å²) in [5.41, 5.74) is 4.94. The molecule has 6 rings (SSSR count). The van der Waals surface area contributed by atoms with Gasteiger partial charge in [-0.05, 0) is 61.0 Å². The van der Waals surface area contributed by atoms with Crippen molar-refractivity contribution in [2.24, 2.45) is 29.4 Å². The van der Waals surface area contributed by atoms with E-state index in [4.69, 9.17) is 5.73 Å². The fraction of sp³-hybridized carbons (Fsp3) is 0.323. The summed E-state index contributed by atoms with van der Waals surface area (Å²) in [6.07, 6.45) is 0.255. The monoisotopic (exact) mass is 540 g/mol. The van der Waals surface area contributed by atoms with Gasteiger partial charge in [0.15, 0.2) is 34.7 Å². The number of aromatic hydroxyl groups is 1. The van der Waals surface area contributed by atoms with Crippen LogP contribution in [-0.4, -0.2) is 69.9 Å². The molecule has 0 saturated heterocycles. The van der Waals surface area contributed by atoms with E-state index in [9.17, 15) is 34.2 Å². The van der Waals surface area contributed by atoms with Gasteiger partial charge in [-0.1, -0.05) is 48.5 Å². The molecule has 0 aliphatic heterocycles. The quantitative estimate of drug-likeness (QED) is 0.424. The van der Waals surface area contributed by atoms with Gasteiger partial charge in [-0.2, -0.15) is 0 Å². The zero-order chi connectivity index (χ0) is 28.7. The van der Waals surface area contributed by atoms with Gasteiger partial charge >= 0.3 is 0 Å². The third-order valence-corrected chi connectivity index (χ3v) is 8.97. The number of likely N-dealkylation sites (N-methyl/N-ethyl adjacent to an activating group) is 1. The van der Waals surface area contributed by atoms with Crippen molar-refractivity contribution >= 4 is 39.8 Å². The largest absolute Gasteiger partial charge is 0.507 e. The molecule has 0 heterocycles. The van der Waals surface area contributed by atoms with E-state index in [-0.39, 0.29) is 24.2 Å². The number of primary amides is 1. The molecule has 204 valence electrons. The van der Waals surface area contributed by atoms with Crippen molar-refractivity contribution in [3.8, 4) is 16.9 Å². The van der Waals surface area contributed by atoms with E-state index in [0.717, 1.165) is 16.5 Å². The second kappa shape index (κ2) is 8.90. The van der Waals surface area contributed by atoms with Crippen LogP contribution >= 0.6 is 0 Å². The standard InChI is InChI=1S/C31H28N2O7/c1-33(2)24-20-13-18-11-17-10-16-9-8-15(14-6-4-3-5-7-14)12-19(16)25(34)21(17)26(35)22(18)28(37)31(20,40)29(38)23(27(24)36)30(32)39/h3-10,12,18,20,22-24,34,40H,11,13H2,1-2H3,(H2,32,39)/t18-,20-,22?,23?,24-,31-/m0/s1. The molecule has 3 aromatic rings. The number of hydrogen-bond donors (Lipinski definition) is 3. The molecule has 0 aromatic heterocycles. The number of nitrogens with two attached hydrogens (primary N) is 1. The summed E-state index contributed by atoms with van der Waals surface area (Å²) >= 11 is 0. The van der Waals surface area contributed by atoms with Gasteiger partial charge < -0.3 is 15.9 Å². The van der Waals surface area contributed by atoms with E-state index in [1.807, 2.05) is 48.5 Å². The minimum atomic E-state index is -2.73. The van der Waals surface area contributed by atoms with E-state index in [1.54, 1.807) is 20.2 Å².